The van der Waals surface area contributed by atoms with Gasteiger partial charge in [-0.25, -0.2) is 9.98 Å². The molecule has 0 aliphatic carbocycles. The van der Waals surface area contributed by atoms with Crippen LogP contribution in [0.1, 0.15) is 58.8 Å². The number of hydrogen-bond acceptors (Lipinski definition) is 4. The van der Waals surface area contributed by atoms with Crippen molar-refractivity contribution in [2.45, 2.75) is 70.9 Å². The Kier molecular flexibility index (Phi) is 5.67. The first-order valence-corrected chi connectivity index (χ1v) is 7.63. The number of unbranched alkanes of at least 4 members (excludes halogenated alkanes) is 4. The third-order valence-electron chi connectivity index (χ3n) is 3.49. The highest BCUT2D eigenvalue weighted by Gasteiger charge is 2.14. The lowest BCUT2D eigenvalue weighted by atomic mass is 10.1. The van der Waals surface area contributed by atoms with Crippen molar-refractivity contribution in [2.24, 2.45) is 9.98 Å². The fourth-order valence-electron chi connectivity index (χ4n) is 2.43. The minimum Gasteiger partial charge on any atom is -0.479 e. The number of aliphatic imine (C=N–C) groups is 2. The second-order valence-electron chi connectivity index (χ2n) is 5.63. The second-order valence-corrected chi connectivity index (χ2v) is 5.63. The monoisotopic (exact) mass is 266 g/mol. The molecule has 2 heterocycles. The van der Waals surface area contributed by atoms with Gasteiger partial charge in [-0.15, -0.1) is 0 Å². The van der Waals surface area contributed by atoms with E-state index in [1.54, 1.807) is 0 Å². The van der Waals surface area contributed by atoms with E-state index in [1.807, 2.05) is 0 Å². The normalized spacial score (nSPS) is 25.8. The van der Waals surface area contributed by atoms with Crippen molar-refractivity contribution in [1.29, 1.82) is 0 Å². The van der Waals surface area contributed by atoms with E-state index in [2.05, 4.69) is 23.8 Å². The quantitative estimate of drug-likeness (QED) is 0.632. The van der Waals surface area contributed by atoms with Crippen molar-refractivity contribution in [2.75, 3.05) is 13.2 Å². The van der Waals surface area contributed by atoms with Crippen molar-refractivity contribution >= 4 is 11.8 Å². The van der Waals surface area contributed by atoms with Gasteiger partial charge in [-0.3, -0.25) is 0 Å². The molecule has 0 fully saturated rings. The van der Waals surface area contributed by atoms with Crippen molar-refractivity contribution in [3.05, 3.63) is 0 Å². The molecule has 0 spiro atoms. The van der Waals surface area contributed by atoms with Crippen LogP contribution in [0.4, 0.5) is 0 Å². The lowest BCUT2D eigenvalue weighted by Crippen LogP contribution is -2.00. The van der Waals surface area contributed by atoms with Crippen LogP contribution >= 0.6 is 0 Å². The zero-order valence-corrected chi connectivity index (χ0v) is 12.2. The first-order chi connectivity index (χ1) is 9.24. The van der Waals surface area contributed by atoms with Gasteiger partial charge in [0.25, 0.3) is 0 Å². The molecule has 2 aliphatic rings. The average molecular weight is 266 g/mol. The van der Waals surface area contributed by atoms with Gasteiger partial charge in [-0.2, -0.15) is 0 Å². The molecule has 2 rings (SSSR count). The van der Waals surface area contributed by atoms with Crippen LogP contribution in [0.5, 0.6) is 0 Å². The van der Waals surface area contributed by atoms with Crippen LogP contribution in [0, 0.1) is 0 Å². The largest absolute Gasteiger partial charge is 0.479 e. The molecule has 2 atom stereocenters. The zero-order valence-electron chi connectivity index (χ0n) is 12.2. The molecular formula is C15H26N2O2. The fourth-order valence-corrected chi connectivity index (χ4v) is 2.43. The summed E-state index contributed by atoms with van der Waals surface area (Å²) in [6.45, 7) is 5.75. The van der Waals surface area contributed by atoms with E-state index >= 15 is 0 Å². The van der Waals surface area contributed by atoms with Crippen LogP contribution in [0.25, 0.3) is 0 Å². The van der Waals surface area contributed by atoms with E-state index in [4.69, 9.17) is 9.47 Å². The molecule has 0 amide bonds. The molecule has 4 heteroatoms. The minimum atomic E-state index is 0.365. The molecule has 0 bridgehead atoms. The van der Waals surface area contributed by atoms with E-state index < -0.39 is 0 Å². The molecule has 0 radical (unpaired) electrons. The molecule has 2 unspecified atom stereocenters. The van der Waals surface area contributed by atoms with Crippen LogP contribution in [-0.2, 0) is 9.47 Å². The van der Waals surface area contributed by atoms with Gasteiger partial charge in [0.2, 0.25) is 0 Å². The van der Waals surface area contributed by atoms with Crippen LogP contribution < -0.4 is 0 Å². The molecule has 0 aromatic carbocycles. The SMILES string of the molecule is CC1COC(CCCCCCCC2=NC(C)CO2)=N1. The number of ether oxygens (including phenoxy) is 2. The van der Waals surface area contributed by atoms with Crippen molar-refractivity contribution in [3.8, 4) is 0 Å². The highest BCUT2D eigenvalue weighted by atomic mass is 16.5. The maximum atomic E-state index is 5.49. The summed E-state index contributed by atoms with van der Waals surface area (Å²) >= 11 is 0. The Morgan fingerprint density at radius 2 is 1.21 bits per heavy atom. The number of nitrogens with zero attached hydrogens (tertiary/aromatic N) is 2. The molecule has 2 aliphatic heterocycles. The second kappa shape index (κ2) is 7.51. The van der Waals surface area contributed by atoms with Crippen LogP contribution in [-0.4, -0.2) is 37.1 Å². The smallest absolute Gasteiger partial charge is 0.183 e. The summed E-state index contributed by atoms with van der Waals surface area (Å²) in [6, 6.07) is 0.731. The molecule has 0 N–H and O–H groups in total. The maximum Gasteiger partial charge on any atom is 0.183 e. The summed E-state index contributed by atoms with van der Waals surface area (Å²) in [4.78, 5) is 8.89. The summed E-state index contributed by atoms with van der Waals surface area (Å²) < 4.78 is 11.0. The van der Waals surface area contributed by atoms with Gasteiger partial charge >= 0.3 is 0 Å². The highest BCUT2D eigenvalue weighted by Crippen LogP contribution is 2.14. The number of rotatable bonds is 8. The van der Waals surface area contributed by atoms with Crippen LogP contribution in [0.15, 0.2) is 9.98 Å². The Morgan fingerprint density at radius 3 is 1.58 bits per heavy atom. The Bertz CT molecular complexity index is 307. The molecule has 0 aromatic rings. The maximum absolute atomic E-state index is 5.49. The number of hydrogen-bond donors (Lipinski definition) is 0. The highest BCUT2D eigenvalue weighted by molar-refractivity contribution is 5.77. The molecule has 0 saturated heterocycles. The molecule has 0 aromatic heterocycles. The lowest BCUT2D eigenvalue weighted by Gasteiger charge is -2.03. The van der Waals surface area contributed by atoms with E-state index in [1.165, 1.54) is 32.1 Å². The summed E-state index contributed by atoms with van der Waals surface area (Å²) in [5.74, 6) is 1.94. The third-order valence-corrected chi connectivity index (χ3v) is 3.49. The molecule has 108 valence electrons. The van der Waals surface area contributed by atoms with E-state index in [-0.39, 0.29) is 0 Å². The Morgan fingerprint density at radius 1 is 0.789 bits per heavy atom. The lowest BCUT2D eigenvalue weighted by molar-refractivity contribution is 0.313. The summed E-state index contributed by atoms with van der Waals surface area (Å²) in [5, 5.41) is 0. The van der Waals surface area contributed by atoms with Gasteiger partial charge in [0.05, 0.1) is 12.1 Å². The van der Waals surface area contributed by atoms with E-state index in [9.17, 15) is 0 Å². The first kappa shape index (κ1) is 14.4. The predicted molar refractivity (Wildman–Crippen MR) is 78.0 cm³/mol. The Balaban J connectivity index is 1.42. The average Bonchev–Trinajstić information content (AvgIpc) is 2.97. The summed E-state index contributed by atoms with van der Waals surface area (Å²) in [7, 11) is 0. The van der Waals surface area contributed by atoms with Gasteiger partial charge in [0, 0.05) is 12.8 Å². The van der Waals surface area contributed by atoms with Crippen molar-refractivity contribution in [1.82, 2.24) is 0 Å². The van der Waals surface area contributed by atoms with Crippen molar-refractivity contribution in [3.63, 3.8) is 0 Å². The van der Waals surface area contributed by atoms with Gasteiger partial charge in [0.1, 0.15) is 13.2 Å². The van der Waals surface area contributed by atoms with Crippen LogP contribution in [0.2, 0.25) is 0 Å². The van der Waals surface area contributed by atoms with Crippen LogP contribution in [0.3, 0.4) is 0 Å². The van der Waals surface area contributed by atoms with Crippen molar-refractivity contribution < 1.29 is 9.47 Å². The topological polar surface area (TPSA) is 43.2 Å². The first-order valence-electron chi connectivity index (χ1n) is 7.63. The fraction of sp³-hybridized carbons (Fsp3) is 0.867. The predicted octanol–water partition coefficient (Wildman–Crippen LogP) is 3.35. The molecule has 19 heavy (non-hydrogen) atoms. The zero-order chi connectivity index (χ0) is 13.5. The van der Waals surface area contributed by atoms with E-state index in [0.717, 1.165) is 37.9 Å². The molecular weight excluding hydrogens is 240 g/mol. The van der Waals surface area contributed by atoms with Gasteiger partial charge in [-0.1, -0.05) is 19.3 Å². The summed E-state index contributed by atoms with van der Waals surface area (Å²) in [5.41, 5.74) is 0. The van der Waals surface area contributed by atoms with Gasteiger partial charge in [0.15, 0.2) is 11.8 Å². The Labute approximate surface area is 116 Å². The molecule has 0 saturated carbocycles. The third kappa shape index (κ3) is 5.21. The van der Waals surface area contributed by atoms with E-state index in [0.29, 0.717) is 12.1 Å². The molecule has 4 nitrogen and oxygen atoms in total. The van der Waals surface area contributed by atoms with Gasteiger partial charge < -0.3 is 9.47 Å². The standard InChI is InChI=1S/C15H26N2O2/c1-12-10-18-14(16-12)8-6-4-3-5-7-9-15-17-13(2)11-19-15/h12-13H,3-11H2,1-2H3. The minimum absolute atomic E-state index is 0.365. The van der Waals surface area contributed by atoms with Gasteiger partial charge in [-0.05, 0) is 26.7 Å². The summed E-state index contributed by atoms with van der Waals surface area (Å²) in [6.07, 6.45) is 8.22. The Hall–Kier alpha value is -1.06.